The van der Waals surface area contributed by atoms with Crippen molar-refractivity contribution in [1.29, 1.82) is 0 Å². The number of ketones is 1. The summed E-state index contributed by atoms with van der Waals surface area (Å²) < 4.78 is 26.1. The molecule has 0 fully saturated rings. The summed E-state index contributed by atoms with van der Waals surface area (Å²) >= 11 is 0. The first-order chi connectivity index (χ1) is 8.08. The first-order valence-electron chi connectivity index (χ1n) is 5.00. The summed E-state index contributed by atoms with van der Waals surface area (Å²) in [7, 11) is 0. The molecule has 0 saturated carbocycles. The quantitative estimate of drug-likeness (QED) is 0.746. The van der Waals surface area contributed by atoms with Gasteiger partial charge in [0.1, 0.15) is 17.3 Å². The third-order valence-electron chi connectivity index (χ3n) is 2.33. The Kier molecular flexibility index (Phi) is 2.95. The van der Waals surface area contributed by atoms with Crippen LogP contribution in [0.3, 0.4) is 0 Å². The van der Waals surface area contributed by atoms with Crippen LogP contribution in [0, 0.1) is 18.6 Å². The molecule has 0 bridgehead atoms. The van der Waals surface area contributed by atoms with Crippen LogP contribution >= 0.6 is 0 Å². The van der Waals surface area contributed by atoms with Crippen LogP contribution in [0.5, 0.6) is 0 Å². The number of halogens is 2. The minimum Gasteiger partial charge on any atom is -0.287 e. The minimum absolute atomic E-state index is 0.0240. The molecule has 0 unspecified atom stereocenters. The normalized spacial score (nSPS) is 10.3. The molecule has 1 aromatic carbocycles. The number of aryl methyl sites for hydroxylation is 1. The van der Waals surface area contributed by atoms with Gasteiger partial charge >= 0.3 is 0 Å². The maximum absolute atomic E-state index is 13.5. The molecule has 2 rings (SSSR count). The molecule has 0 atom stereocenters. The van der Waals surface area contributed by atoms with Crippen molar-refractivity contribution in [1.82, 2.24) is 4.98 Å². The van der Waals surface area contributed by atoms with Crippen molar-refractivity contribution in [3.05, 3.63) is 65.0 Å². The van der Waals surface area contributed by atoms with Gasteiger partial charge in [-0.05, 0) is 31.2 Å². The molecule has 1 aromatic heterocycles. The molecule has 4 heteroatoms. The summed E-state index contributed by atoms with van der Waals surface area (Å²) in [4.78, 5) is 15.5. The number of aromatic nitrogens is 1. The molecular weight excluding hydrogens is 224 g/mol. The van der Waals surface area contributed by atoms with Crippen molar-refractivity contribution in [3.8, 4) is 0 Å². The van der Waals surface area contributed by atoms with Gasteiger partial charge in [-0.2, -0.15) is 0 Å². The number of pyridine rings is 1. The smallest absolute Gasteiger partial charge is 0.214 e. The van der Waals surface area contributed by atoms with Gasteiger partial charge in [0.15, 0.2) is 0 Å². The third kappa shape index (κ3) is 2.36. The SMILES string of the molecule is Cc1ccc(F)c(C(=O)c2ccc(F)cn2)c1. The molecule has 0 aliphatic heterocycles. The number of rotatable bonds is 2. The van der Waals surface area contributed by atoms with E-state index in [1.165, 1.54) is 18.2 Å². The van der Waals surface area contributed by atoms with Crippen LogP contribution in [0.25, 0.3) is 0 Å². The van der Waals surface area contributed by atoms with Crippen molar-refractivity contribution in [3.63, 3.8) is 0 Å². The molecule has 0 amide bonds. The summed E-state index contributed by atoms with van der Waals surface area (Å²) in [5.41, 5.74) is 0.747. The number of hydrogen-bond donors (Lipinski definition) is 0. The summed E-state index contributed by atoms with van der Waals surface area (Å²) in [6.07, 6.45) is 0.931. The molecule has 0 aliphatic carbocycles. The van der Waals surface area contributed by atoms with Gasteiger partial charge in [0.05, 0.1) is 11.8 Å². The third-order valence-corrected chi connectivity index (χ3v) is 2.33. The predicted octanol–water partition coefficient (Wildman–Crippen LogP) is 2.90. The Morgan fingerprint density at radius 1 is 1.18 bits per heavy atom. The van der Waals surface area contributed by atoms with E-state index < -0.39 is 17.4 Å². The first-order valence-corrected chi connectivity index (χ1v) is 5.00. The Hall–Kier alpha value is -2.10. The van der Waals surface area contributed by atoms with Crippen LogP contribution in [-0.2, 0) is 0 Å². The van der Waals surface area contributed by atoms with E-state index in [-0.39, 0.29) is 11.3 Å². The van der Waals surface area contributed by atoms with E-state index in [0.29, 0.717) is 0 Å². The van der Waals surface area contributed by atoms with Crippen molar-refractivity contribution in [2.75, 3.05) is 0 Å². The van der Waals surface area contributed by atoms with E-state index >= 15 is 0 Å². The van der Waals surface area contributed by atoms with E-state index in [1.807, 2.05) is 0 Å². The number of carbonyl (C=O) groups excluding carboxylic acids is 1. The van der Waals surface area contributed by atoms with Crippen LogP contribution < -0.4 is 0 Å². The highest BCUT2D eigenvalue weighted by molar-refractivity contribution is 6.07. The number of hydrogen-bond acceptors (Lipinski definition) is 2. The molecule has 0 N–H and O–H groups in total. The standard InChI is InChI=1S/C13H9F2NO/c1-8-2-4-11(15)10(6-8)13(17)12-5-3-9(14)7-16-12/h2-7H,1H3. The van der Waals surface area contributed by atoms with Gasteiger partial charge in [0.25, 0.3) is 0 Å². The molecule has 2 nitrogen and oxygen atoms in total. The second kappa shape index (κ2) is 4.41. The van der Waals surface area contributed by atoms with Crippen LogP contribution in [-0.4, -0.2) is 10.8 Å². The maximum Gasteiger partial charge on any atom is 0.214 e. The van der Waals surface area contributed by atoms with Crippen LogP contribution in [0.1, 0.15) is 21.6 Å². The van der Waals surface area contributed by atoms with Crippen molar-refractivity contribution in [2.45, 2.75) is 6.92 Å². The zero-order chi connectivity index (χ0) is 12.4. The minimum atomic E-state index is -0.605. The lowest BCUT2D eigenvalue weighted by atomic mass is 10.0. The lowest BCUT2D eigenvalue weighted by Crippen LogP contribution is -2.07. The summed E-state index contributed by atoms with van der Waals surface area (Å²) in [6.45, 7) is 1.76. The van der Waals surface area contributed by atoms with Gasteiger partial charge in [0, 0.05) is 0 Å². The molecule has 86 valence electrons. The Labute approximate surface area is 96.9 Å². The van der Waals surface area contributed by atoms with Crippen molar-refractivity contribution in [2.24, 2.45) is 0 Å². The van der Waals surface area contributed by atoms with Gasteiger partial charge in [-0.1, -0.05) is 11.6 Å². The lowest BCUT2D eigenvalue weighted by molar-refractivity contribution is 0.103. The molecular formula is C13H9F2NO. The summed E-state index contributed by atoms with van der Waals surface area (Å²) in [5, 5.41) is 0. The fourth-order valence-corrected chi connectivity index (χ4v) is 1.46. The molecule has 0 radical (unpaired) electrons. The topological polar surface area (TPSA) is 30.0 Å². The van der Waals surface area contributed by atoms with Gasteiger partial charge in [-0.15, -0.1) is 0 Å². The summed E-state index contributed by atoms with van der Waals surface area (Å²) in [6, 6.07) is 6.60. The lowest BCUT2D eigenvalue weighted by Gasteiger charge is -2.03. The Morgan fingerprint density at radius 2 is 1.94 bits per heavy atom. The molecule has 0 saturated heterocycles. The van der Waals surface area contributed by atoms with E-state index in [1.54, 1.807) is 13.0 Å². The van der Waals surface area contributed by atoms with Gasteiger partial charge in [0.2, 0.25) is 5.78 Å². The van der Waals surface area contributed by atoms with E-state index in [0.717, 1.165) is 17.8 Å². The highest BCUT2D eigenvalue weighted by Crippen LogP contribution is 2.14. The zero-order valence-electron chi connectivity index (χ0n) is 9.08. The average molecular weight is 233 g/mol. The maximum atomic E-state index is 13.5. The van der Waals surface area contributed by atoms with E-state index in [9.17, 15) is 13.6 Å². The second-order valence-electron chi connectivity index (χ2n) is 3.67. The monoisotopic (exact) mass is 233 g/mol. The van der Waals surface area contributed by atoms with Crippen molar-refractivity contribution >= 4 is 5.78 Å². The van der Waals surface area contributed by atoms with Crippen LogP contribution in [0.15, 0.2) is 36.5 Å². The van der Waals surface area contributed by atoms with Crippen LogP contribution in [0.2, 0.25) is 0 Å². The fraction of sp³-hybridized carbons (Fsp3) is 0.0769. The van der Waals surface area contributed by atoms with E-state index in [2.05, 4.69) is 4.98 Å². The average Bonchev–Trinajstić information content (AvgIpc) is 2.32. The Morgan fingerprint density at radius 3 is 2.59 bits per heavy atom. The molecule has 1 heterocycles. The fourth-order valence-electron chi connectivity index (χ4n) is 1.46. The Balaban J connectivity index is 2.43. The Bertz CT molecular complexity index is 564. The van der Waals surface area contributed by atoms with E-state index in [4.69, 9.17) is 0 Å². The number of nitrogens with zero attached hydrogens (tertiary/aromatic N) is 1. The van der Waals surface area contributed by atoms with Crippen molar-refractivity contribution < 1.29 is 13.6 Å². The molecule has 0 spiro atoms. The van der Waals surface area contributed by atoms with Crippen LogP contribution in [0.4, 0.5) is 8.78 Å². The number of benzene rings is 1. The first kappa shape index (κ1) is 11.4. The molecule has 0 aliphatic rings. The van der Waals surface area contributed by atoms with Gasteiger partial charge < -0.3 is 0 Å². The van der Waals surface area contributed by atoms with Gasteiger partial charge in [-0.3, -0.25) is 4.79 Å². The predicted molar refractivity (Wildman–Crippen MR) is 58.8 cm³/mol. The highest BCUT2D eigenvalue weighted by atomic mass is 19.1. The molecule has 2 aromatic rings. The second-order valence-corrected chi connectivity index (χ2v) is 3.67. The summed E-state index contributed by atoms with van der Waals surface area (Å²) in [5.74, 6) is -1.69. The highest BCUT2D eigenvalue weighted by Gasteiger charge is 2.15. The zero-order valence-corrected chi connectivity index (χ0v) is 9.08. The molecule has 17 heavy (non-hydrogen) atoms. The number of carbonyl (C=O) groups is 1. The van der Waals surface area contributed by atoms with Gasteiger partial charge in [-0.25, -0.2) is 13.8 Å². The largest absolute Gasteiger partial charge is 0.287 e.